The Morgan fingerprint density at radius 1 is 1.24 bits per heavy atom. The monoisotopic (exact) mass is 338 g/mol. The maximum Gasteiger partial charge on any atom is 0.261 e. The van der Waals surface area contributed by atoms with Gasteiger partial charge in [0.25, 0.3) is 5.89 Å². The van der Waals surface area contributed by atoms with Gasteiger partial charge in [-0.3, -0.25) is 14.6 Å². The molecule has 1 aliphatic rings. The number of hydrogen-bond acceptors (Lipinski definition) is 6. The third kappa shape index (κ3) is 3.61. The molecular formula is C18H22N6O. The van der Waals surface area contributed by atoms with Gasteiger partial charge in [0.05, 0.1) is 23.5 Å². The molecule has 0 amide bonds. The largest absolute Gasteiger partial charge is 0.334 e. The minimum atomic E-state index is 0.165. The van der Waals surface area contributed by atoms with E-state index >= 15 is 0 Å². The summed E-state index contributed by atoms with van der Waals surface area (Å²) >= 11 is 0. The van der Waals surface area contributed by atoms with Crippen LogP contribution in [0.2, 0.25) is 0 Å². The fourth-order valence-electron chi connectivity index (χ4n) is 3.37. The summed E-state index contributed by atoms with van der Waals surface area (Å²) in [4.78, 5) is 11.6. The molecular weight excluding hydrogens is 316 g/mol. The average molecular weight is 338 g/mol. The van der Waals surface area contributed by atoms with E-state index in [1.165, 1.54) is 19.3 Å². The highest BCUT2D eigenvalue weighted by molar-refractivity contribution is 5.49. The third-order valence-electron chi connectivity index (χ3n) is 4.65. The molecule has 0 radical (unpaired) electrons. The molecule has 1 unspecified atom stereocenters. The maximum atomic E-state index is 5.50. The van der Waals surface area contributed by atoms with Crippen LogP contribution in [0.25, 0.3) is 11.5 Å². The first-order valence-electron chi connectivity index (χ1n) is 8.76. The lowest BCUT2D eigenvalue weighted by Crippen LogP contribution is -2.29. The van der Waals surface area contributed by atoms with Crippen molar-refractivity contribution in [1.29, 1.82) is 0 Å². The van der Waals surface area contributed by atoms with Gasteiger partial charge in [-0.05, 0) is 31.5 Å². The van der Waals surface area contributed by atoms with Crippen LogP contribution in [0.5, 0.6) is 0 Å². The predicted molar refractivity (Wildman–Crippen MR) is 92.4 cm³/mol. The second kappa shape index (κ2) is 7.14. The van der Waals surface area contributed by atoms with Crippen LogP contribution in [0.15, 0.2) is 41.3 Å². The molecule has 0 N–H and O–H groups in total. The standard InChI is InChI=1S/C18H22N6O/c1-23-12-14(11-20-23)18-21-17(22-25-18)16-8-3-2-6-10-24(16)13-15-7-4-5-9-19-15/h4-5,7,9,11-12,16H,2-3,6,8,10,13H2,1H3. The predicted octanol–water partition coefficient (Wildman–Crippen LogP) is 2.98. The van der Waals surface area contributed by atoms with Crippen LogP contribution in [0.3, 0.4) is 0 Å². The molecule has 1 aliphatic heterocycles. The summed E-state index contributed by atoms with van der Waals surface area (Å²) in [6.07, 6.45) is 10.1. The normalized spacial score (nSPS) is 19.0. The molecule has 1 saturated heterocycles. The zero-order valence-electron chi connectivity index (χ0n) is 14.4. The molecule has 3 aromatic rings. The highest BCUT2D eigenvalue weighted by atomic mass is 16.5. The second-order valence-corrected chi connectivity index (χ2v) is 6.52. The molecule has 0 aromatic carbocycles. The molecule has 1 fully saturated rings. The molecule has 4 heterocycles. The van der Waals surface area contributed by atoms with Gasteiger partial charge in [0, 0.05) is 26.0 Å². The summed E-state index contributed by atoms with van der Waals surface area (Å²) in [7, 11) is 1.88. The van der Waals surface area contributed by atoms with Crippen molar-refractivity contribution in [2.45, 2.75) is 38.3 Å². The highest BCUT2D eigenvalue weighted by Gasteiger charge is 2.27. The Kier molecular flexibility index (Phi) is 4.56. The molecule has 0 bridgehead atoms. The summed E-state index contributed by atoms with van der Waals surface area (Å²) in [6, 6.07) is 6.21. The molecule has 4 rings (SSSR count). The average Bonchev–Trinajstić information content (AvgIpc) is 3.22. The van der Waals surface area contributed by atoms with E-state index in [4.69, 9.17) is 4.52 Å². The van der Waals surface area contributed by atoms with Gasteiger partial charge < -0.3 is 4.52 Å². The summed E-state index contributed by atoms with van der Waals surface area (Å²) in [5.74, 6) is 1.29. The van der Waals surface area contributed by atoms with Crippen LogP contribution in [-0.2, 0) is 13.6 Å². The van der Waals surface area contributed by atoms with Crippen LogP contribution in [0.4, 0.5) is 0 Å². The van der Waals surface area contributed by atoms with Gasteiger partial charge >= 0.3 is 0 Å². The Labute approximate surface area is 146 Å². The molecule has 7 nitrogen and oxygen atoms in total. The smallest absolute Gasteiger partial charge is 0.261 e. The molecule has 0 saturated carbocycles. The minimum Gasteiger partial charge on any atom is -0.334 e. The first kappa shape index (κ1) is 16.0. The molecule has 0 spiro atoms. The number of hydrogen-bond donors (Lipinski definition) is 0. The molecule has 7 heteroatoms. The van der Waals surface area contributed by atoms with E-state index in [9.17, 15) is 0 Å². The molecule has 1 atom stereocenters. The molecule has 3 aromatic heterocycles. The van der Waals surface area contributed by atoms with E-state index in [1.54, 1.807) is 10.9 Å². The fraction of sp³-hybridized carbons (Fsp3) is 0.444. The highest BCUT2D eigenvalue weighted by Crippen LogP contribution is 2.30. The second-order valence-electron chi connectivity index (χ2n) is 6.52. The van der Waals surface area contributed by atoms with Gasteiger partial charge in [0.1, 0.15) is 0 Å². The lowest BCUT2D eigenvalue weighted by atomic mass is 10.1. The van der Waals surface area contributed by atoms with E-state index in [-0.39, 0.29) is 6.04 Å². The van der Waals surface area contributed by atoms with Crippen molar-refractivity contribution in [2.75, 3.05) is 6.54 Å². The number of pyridine rings is 1. The minimum absolute atomic E-state index is 0.165. The Hall–Kier alpha value is -2.54. The molecule has 130 valence electrons. The first-order chi connectivity index (χ1) is 12.3. The van der Waals surface area contributed by atoms with Gasteiger partial charge in [-0.1, -0.05) is 24.1 Å². The lowest BCUT2D eigenvalue weighted by molar-refractivity contribution is 0.179. The van der Waals surface area contributed by atoms with Crippen LogP contribution < -0.4 is 0 Å². The van der Waals surface area contributed by atoms with Gasteiger partial charge in [-0.25, -0.2) is 0 Å². The molecule has 0 aliphatic carbocycles. The van der Waals surface area contributed by atoms with Crippen LogP contribution in [0.1, 0.15) is 43.2 Å². The van der Waals surface area contributed by atoms with Crippen molar-refractivity contribution in [3.8, 4) is 11.5 Å². The van der Waals surface area contributed by atoms with Gasteiger partial charge in [0.15, 0.2) is 5.82 Å². The van der Waals surface area contributed by atoms with Crippen molar-refractivity contribution in [2.24, 2.45) is 7.05 Å². The fourth-order valence-corrected chi connectivity index (χ4v) is 3.37. The number of likely N-dealkylation sites (tertiary alicyclic amines) is 1. The Morgan fingerprint density at radius 3 is 3.00 bits per heavy atom. The summed E-state index contributed by atoms with van der Waals surface area (Å²) in [5.41, 5.74) is 1.93. The maximum absolute atomic E-state index is 5.50. The quantitative estimate of drug-likeness (QED) is 0.728. The van der Waals surface area contributed by atoms with Crippen molar-refractivity contribution in [1.82, 2.24) is 29.8 Å². The zero-order chi connectivity index (χ0) is 17.1. The summed E-state index contributed by atoms with van der Waals surface area (Å²) in [6.45, 7) is 1.83. The Morgan fingerprint density at radius 2 is 2.20 bits per heavy atom. The van der Waals surface area contributed by atoms with E-state index < -0.39 is 0 Å². The number of aryl methyl sites for hydroxylation is 1. The third-order valence-corrected chi connectivity index (χ3v) is 4.65. The summed E-state index contributed by atoms with van der Waals surface area (Å²) < 4.78 is 7.23. The van der Waals surface area contributed by atoms with Crippen LogP contribution >= 0.6 is 0 Å². The number of nitrogens with zero attached hydrogens (tertiary/aromatic N) is 6. The number of aromatic nitrogens is 5. The topological polar surface area (TPSA) is 72.9 Å². The van der Waals surface area contributed by atoms with Crippen LogP contribution in [-0.4, -0.2) is 36.3 Å². The Balaban J connectivity index is 1.58. The molecule has 25 heavy (non-hydrogen) atoms. The van der Waals surface area contributed by atoms with Gasteiger partial charge in [-0.2, -0.15) is 10.1 Å². The van der Waals surface area contributed by atoms with Crippen LogP contribution in [0, 0.1) is 0 Å². The van der Waals surface area contributed by atoms with E-state index in [0.29, 0.717) is 5.89 Å². The first-order valence-corrected chi connectivity index (χ1v) is 8.76. The summed E-state index contributed by atoms with van der Waals surface area (Å²) in [5, 5.41) is 8.44. The number of rotatable bonds is 4. The van der Waals surface area contributed by atoms with Crippen molar-refractivity contribution in [3.05, 3.63) is 48.3 Å². The SMILES string of the molecule is Cn1cc(-c2nc(C3CCCCCN3Cc3ccccn3)no2)cn1. The van der Waals surface area contributed by atoms with E-state index in [2.05, 4.69) is 31.2 Å². The van der Waals surface area contributed by atoms with Crippen molar-refractivity contribution < 1.29 is 4.52 Å². The lowest BCUT2D eigenvalue weighted by Gasteiger charge is -2.27. The zero-order valence-corrected chi connectivity index (χ0v) is 14.4. The van der Waals surface area contributed by atoms with Gasteiger partial charge in [0.2, 0.25) is 0 Å². The van der Waals surface area contributed by atoms with E-state index in [1.807, 2.05) is 31.6 Å². The van der Waals surface area contributed by atoms with Gasteiger partial charge in [-0.15, -0.1) is 0 Å². The van der Waals surface area contributed by atoms with Crippen molar-refractivity contribution >= 4 is 0 Å². The Bertz CT molecular complexity index is 812. The van der Waals surface area contributed by atoms with E-state index in [0.717, 1.165) is 36.6 Å². The van der Waals surface area contributed by atoms with Crippen molar-refractivity contribution in [3.63, 3.8) is 0 Å².